The highest BCUT2D eigenvalue weighted by Crippen LogP contribution is 2.22. The number of aromatic amines is 1. The van der Waals surface area contributed by atoms with Crippen LogP contribution in [0.3, 0.4) is 0 Å². The Morgan fingerprint density at radius 1 is 0.295 bits per heavy atom. The number of aliphatic hydroxyl groups is 8. The third kappa shape index (κ3) is 41.9. The Morgan fingerprint density at radius 2 is 0.564 bits per heavy atom. The first kappa shape index (κ1) is 129. The summed E-state index contributed by atoms with van der Waals surface area (Å²) in [5, 5.41) is 158. The highest BCUT2D eigenvalue weighted by atomic mass is 16.4. The molecule has 0 fully saturated rings. The van der Waals surface area contributed by atoms with E-state index in [1.54, 1.807) is 81.6 Å². The van der Waals surface area contributed by atoms with Gasteiger partial charge in [-0.2, -0.15) is 0 Å². The summed E-state index contributed by atoms with van der Waals surface area (Å²) in [5.41, 5.74) is 7.68. The van der Waals surface area contributed by atoms with Gasteiger partial charge in [-0.15, -0.1) is 0 Å². The van der Waals surface area contributed by atoms with Gasteiger partial charge in [0.1, 0.15) is 115 Å². The summed E-state index contributed by atoms with van der Waals surface area (Å²) in [7, 11) is 0. The Balaban J connectivity index is 1.77. The maximum absolute atomic E-state index is 14.4. The average Bonchev–Trinajstić information content (AvgIpc) is 1.67. The Bertz CT molecular complexity index is 5080. The summed E-state index contributed by atoms with van der Waals surface area (Å²) in [6.07, 6.45) is -7.36. The monoisotopic (exact) mass is 2110 g/mol. The second-order valence-corrected chi connectivity index (χ2v) is 38.1. The minimum Gasteiger partial charge on any atom is -0.481 e. The normalized spacial score (nSPS) is 16.3. The molecule has 0 aliphatic carbocycles. The highest BCUT2D eigenvalue weighted by Gasteiger charge is 2.44. The predicted molar refractivity (Wildman–Crippen MR) is 528 cm³/mol. The van der Waals surface area contributed by atoms with Crippen LogP contribution in [0.4, 0.5) is 0 Å². The van der Waals surface area contributed by atoms with Gasteiger partial charge in [-0.25, -0.2) is 4.79 Å². The molecule has 33 N–H and O–H groups in total. The lowest BCUT2D eigenvalue weighted by atomic mass is 9.96. The first-order valence-electron chi connectivity index (χ1n) is 48.6. The fourth-order valence-corrected chi connectivity index (χ4v) is 14.7. The summed E-state index contributed by atoms with van der Waals surface area (Å²) in [5.74, 6) is -30.7. The highest BCUT2D eigenvalue weighted by molar-refractivity contribution is 6.03. The molecule has 832 valence electrons. The van der Waals surface area contributed by atoms with Crippen molar-refractivity contribution < 1.29 is 162 Å². The molecule has 0 aliphatic rings. The number of nitrogens with one attached hydrogen (secondary N) is 20. The molecule has 149 heavy (non-hydrogen) atoms. The molecular formula is C95H149N21O33. The topological polar surface area (TPSA) is 868 Å². The number of carbonyl (C=O) groups excluding carboxylic acids is 19. The van der Waals surface area contributed by atoms with Crippen LogP contribution in [0.2, 0.25) is 0 Å². The number of aliphatic carboxylic acids is 3. The number of H-pyrrole nitrogens is 1. The smallest absolute Gasteiger partial charge is 0.326 e. The van der Waals surface area contributed by atoms with E-state index in [0.717, 1.165) is 27.7 Å². The van der Waals surface area contributed by atoms with Gasteiger partial charge in [0.2, 0.25) is 112 Å². The van der Waals surface area contributed by atoms with E-state index in [0.29, 0.717) is 28.5 Å². The fourth-order valence-electron chi connectivity index (χ4n) is 14.7. The van der Waals surface area contributed by atoms with Crippen molar-refractivity contribution in [2.24, 2.45) is 41.2 Å². The maximum Gasteiger partial charge on any atom is 0.326 e. The van der Waals surface area contributed by atoms with Crippen LogP contribution >= 0.6 is 0 Å². The number of fused-ring (bicyclic) bond motifs is 1. The molecule has 3 aromatic rings. The zero-order valence-corrected chi connectivity index (χ0v) is 86.2. The Hall–Kier alpha value is -14.0. The van der Waals surface area contributed by atoms with E-state index >= 15 is 0 Å². The van der Waals surface area contributed by atoms with Crippen LogP contribution in [0, 0.1) is 35.5 Å². The van der Waals surface area contributed by atoms with Gasteiger partial charge >= 0.3 is 17.9 Å². The maximum atomic E-state index is 14.4. The molecule has 0 aliphatic heterocycles. The quantitative estimate of drug-likeness (QED) is 0.0249. The van der Waals surface area contributed by atoms with Gasteiger partial charge in [0.15, 0.2) is 0 Å². The van der Waals surface area contributed by atoms with E-state index in [2.05, 4.69) is 106 Å². The minimum absolute atomic E-state index is 0.0332. The number of hydrogen-bond donors (Lipinski definition) is 32. The molecule has 0 spiro atoms. The summed E-state index contributed by atoms with van der Waals surface area (Å²) in [6.45, 7) is 18.0. The van der Waals surface area contributed by atoms with E-state index in [1.807, 2.05) is 13.8 Å². The van der Waals surface area contributed by atoms with E-state index in [9.17, 15) is 162 Å². The molecule has 2 aromatic carbocycles. The first-order chi connectivity index (χ1) is 69.7. The Morgan fingerprint density at radius 3 is 0.940 bits per heavy atom. The van der Waals surface area contributed by atoms with Crippen molar-refractivity contribution in [1.82, 2.24) is 106 Å². The molecule has 1 heterocycles. The van der Waals surface area contributed by atoms with E-state index in [-0.39, 0.29) is 25.2 Å². The van der Waals surface area contributed by atoms with Crippen LogP contribution in [-0.4, -0.2) is 363 Å². The lowest BCUT2D eigenvalue weighted by molar-refractivity contribution is -0.142. The summed E-state index contributed by atoms with van der Waals surface area (Å²) >= 11 is 0. The molecule has 54 heteroatoms. The second kappa shape index (κ2) is 62.9. The van der Waals surface area contributed by atoms with E-state index in [1.165, 1.54) is 55.4 Å². The van der Waals surface area contributed by atoms with E-state index < -0.39 is 358 Å². The van der Waals surface area contributed by atoms with Crippen molar-refractivity contribution >= 4 is 141 Å². The van der Waals surface area contributed by atoms with Gasteiger partial charge in [0.25, 0.3) is 0 Å². The van der Waals surface area contributed by atoms with Gasteiger partial charge in [0, 0.05) is 42.8 Å². The number of aromatic nitrogens is 1. The average molecular weight is 2110 g/mol. The molecule has 0 radical (unpaired) electrons. The number of amides is 19. The number of para-hydroxylation sites is 1. The van der Waals surface area contributed by atoms with Crippen molar-refractivity contribution in [1.29, 1.82) is 0 Å². The van der Waals surface area contributed by atoms with Gasteiger partial charge in [-0.05, 0) is 107 Å². The van der Waals surface area contributed by atoms with Crippen molar-refractivity contribution in [2.75, 3.05) is 33.0 Å². The molecular weight excluding hydrogens is 1960 g/mol. The molecule has 0 unspecified atom stereocenters. The van der Waals surface area contributed by atoms with Gasteiger partial charge in [-0.1, -0.05) is 138 Å². The number of nitrogens with two attached hydrogens (primary N) is 1. The molecule has 3 rings (SSSR count). The lowest BCUT2D eigenvalue weighted by Gasteiger charge is -2.31. The third-order valence-electron chi connectivity index (χ3n) is 23.8. The Labute approximate surface area is 859 Å². The van der Waals surface area contributed by atoms with Crippen LogP contribution in [0.5, 0.6) is 0 Å². The van der Waals surface area contributed by atoms with E-state index in [4.69, 9.17) is 5.73 Å². The van der Waals surface area contributed by atoms with Crippen molar-refractivity contribution in [3.63, 3.8) is 0 Å². The predicted octanol–water partition coefficient (Wildman–Crippen LogP) is -9.83. The van der Waals surface area contributed by atoms with Crippen molar-refractivity contribution in [3.05, 3.63) is 71.9 Å². The fraction of sp³-hybridized carbons (Fsp3) is 0.621. The molecule has 0 saturated heterocycles. The second-order valence-electron chi connectivity index (χ2n) is 38.1. The van der Waals surface area contributed by atoms with Crippen LogP contribution in [-0.2, 0) is 118 Å². The van der Waals surface area contributed by atoms with Crippen molar-refractivity contribution in [2.45, 2.75) is 308 Å². The molecule has 1 aromatic heterocycles. The van der Waals surface area contributed by atoms with Gasteiger partial charge < -0.3 is 168 Å². The Kier molecular flexibility index (Phi) is 54.5. The minimum atomic E-state index is -2.10. The standard InChI is InChI=1S/C95H149N21O33/c1-18-46(12)72(113-80(133)58(29-31-67(127)128)101-93(146)75(51(17)124)115-90(143)71(45(10)11)111-86(139)65(40-121)105-79(132)57(28-30-66(125)126)100-82(135)63(38-119)108-94(147)74(50(16)123)114-77(130)48(14)98-87(140)68(42(4)5)109-78(131)55(96)32-41(2)3)91(144)116-73(49(15)122)92(145)99-47(13)76(129)104-61(36-117)85(138)106-62(37-118)83(136)102-59(33-52-24-20-19-21-25-52)81(134)110-70(44(8)9)89(142)112-69(43(6)7)88(141)107-64(39-120)84(137)103-60(95(148)149)34-53-35-97-56-27-23-22-26-54(53)56/h19-27,35,41-51,55,57-65,68-75,97,117-124H,18,28-34,36-40,96H2,1-17H3,(H,98,140)(H,99,145)(H,100,135)(H,101,146)(H,102,136)(H,103,137)(H,104,129)(H,105,132)(H,106,138)(H,107,141)(H,108,147)(H,109,131)(H,110,134)(H,111,139)(H,112,142)(H,113,133)(H,114,130)(H,115,143)(H,116,144)(H,125,126)(H,127,128)(H,148,149)/t46-,47-,48-,49+,50+,51+,55-,57-,58-,59-,60-,61-,62-,63-,64-,65-,68-,69-,70-,71-,72-,73-,74-,75-/m0/s1. The number of rotatable bonds is 65. The van der Waals surface area contributed by atoms with Crippen LogP contribution < -0.4 is 107 Å². The molecule has 0 saturated carbocycles. The molecule has 0 bridgehead atoms. The third-order valence-corrected chi connectivity index (χ3v) is 23.8. The molecule has 19 amide bonds. The molecule has 24 atom stereocenters. The summed E-state index contributed by atoms with van der Waals surface area (Å²) < 4.78 is 0. The SMILES string of the molecule is CC[C@H](C)[C@H](NC(=O)[C@H](CCC(=O)O)NC(=O)[C@@H](NC(=O)[C@@H](NC(=O)[C@H](CO)NC(=O)[C@H](CCC(=O)O)NC(=O)[C@H](CO)NC(=O)[C@@H](NC(=O)[C@H](C)NC(=O)[C@@H](NC(=O)[C@@H](N)CC(C)C)C(C)C)[C@@H](C)O)C(C)C)[C@@H](C)O)C(=O)N[C@H](C(=O)N[C@@H](C)C(=O)N[C@@H](CO)C(=O)N[C@@H](CO)C(=O)N[C@@H](Cc1ccccc1)C(=O)N[C@H](C(=O)N[C@H](C(=O)N[C@@H](CO)C(=O)N[C@@H](Cc1c[nH]c2ccccc12)C(=O)O)C(C)C)C(C)C)[C@@H](C)O. The number of carboxylic acids is 3. The number of benzene rings is 2. The zero-order valence-electron chi connectivity index (χ0n) is 86.2. The van der Waals surface area contributed by atoms with Crippen LogP contribution in [0.25, 0.3) is 10.9 Å². The first-order valence-corrected chi connectivity index (χ1v) is 48.6. The van der Waals surface area contributed by atoms with Crippen molar-refractivity contribution in [3.8, 4) is 0 Å². The number of carbonyl (C=O) groups is 22. The largest absolute Gasteiger partial charge is 0.481 e. The number of aliphatic hydroxyl groups excluding tert-OH is 8. The number of carboxylic acid groups (broad SMARTS) is 3. The summed E-state index contributed by atoms with van der Waals surface area (Å²) in [4.78, 5) is 303. The lowest BCUT2D eigenvalue weighted by Crippen LogP contribution is -2.64. The summed E-state index contributed by atoms with van der Waals surface area (Å²) in [6, 6.07) is -19.7. The number of hydrogen-bond acceptors (Lipinski definition) is 31. The van der Waals surface area contributed by atoms with Gasteiger partial charge in [0.05, 0.1) is 57.4 Å². The van der Waals surface area contributed by atoms with Crippen LogP contribution in [0.1, 0.15) is 167 Å². The van der Waals surface area contributed by atoms with Gasteiger partial charge in [-0.3, -0.25) is 101 Å². The molecule has 54 nitrogen and oxygen atoms in total. The van der Waals surface area contributed by atoms with Crippen LogP contribution in [0.15, 0.2) is 60.8 Å². The zero-order chi connectivity index (χ0) is 113.